The van der Waals surface area contributed by atoms with Crippen LogP contribution in [-0.2, 0) is 9.59 Å². The monoisotopic (exact) mass is 290 g/mol. The van der Waals surface area contributed by atoms with Crippen molar-refractivity contribution in [3.8, 4) is 0 Å². The Hall–Kier alpha value is -1.88. The van der Waals surface area contributed by atoms with Crippen molar-refractivity contribution >= 4 is 11.9 Å². The summed E-state index contributed by atoms with van der Waals surface area (Å²) in [6.07, 6.45) is 3.45. The van der Waals surface area contributed by atoms with Crippen LogP contribution in [0.5, 0.6) is 0 Å². The van der Waals surface area contributed by atoms with E-state index >= 15 is 0 Å². The van der Waals surface area contributed by atoms with E-state index in [9.17, 15) is 9.59 Å². The van der Waals surface area contributed by atoms with Gasteiger partial charge in [0.15, 0.2) is 0 Å². The Kier molecular flexibility index (Phi) is 5.33. The second kappa shape index (κ2) is 7.22. The van der Waals surface area contributed by atoms with Crippen LogP contribution in [0.3, 0.4) is 0 Å². The van der Waals surface area contributed by atoms with Gasteiger partial charge in [0.2, 0.25) is 5.91 Å². The highest BCUT2D eigenvalue weighted by Gasteiger charge is 2.30. The lowest BCUT2D eigenvalue weighted by atomic mass is 9.96. The maximum Gasteiger partial charge on any atom is 0.303 e. The van der Waals surface area contributed by atoms with Crippen molar-refractivity contribution < 1.29 is 14.7 Å². The lowest BCUT2D eigenvalue weighted by Gasteiger charge is -2.37. The van der Waals surface area contributed by atoms with Gasteiger partial charge in [0.05, 0.1) is 0 Å². The minimum absolute atomic E-state index is 0.00267. The molecule has 1 fully saturated rings. The molecule has 5 nitrogen and oxygen atoms in total. The van der Waals surface area contributed by atoms with Gasteiger partial charge in [-0.3, -0.25) is 9.59 Å². The fourth-order valence-corrected chi connectivity index (χ4v) is 2.86. The van der Waals surface area contributed by atoms with Crippen LogP contribution in [0.15, 0.2) is 30.3 Å². The zero-order valence-corrected chi connectivity index (χ0v) is 12.1. The summed E-state index contributed by atoms with van der Waals surface area (Å²) in [6, 6.07) is 8.63. The molecule has 5 heteroatoms. The fraction of sp³-hybridized carbons (Fsp3) is 0.500. The fourth-order valence-electron chi connectivity index (χ4n) is 2.86. The number of rotatable bonds is 5. The summed E-state index contributed by atoms with van der Waals surface area (Å²) < 4.78 is 0. The Balaban J connectivity index is 2.05. The van der Waals surface area contributed by atoms with Crippen LogP contribution in [0.2, 0.25) is 0 Å². The molecule has 3 N–H and O–H groups in total. The molecule has 1 aliphatic rings. The highest BCUT2D eigenvalue weighted by Crippen LogP contribution is 2.24. The molecule has 0 saturated carbocycles. The van der Waals surface area contributed by atoms with E-state index in [2.05, 4.69) is 0 Å². The quantitative estimate of drug-likeness (QED) is 0.868. The minimum Gasteiger partial charge on any atom is -0.481 e. The third kappa shape index (κ3) is 4.04. The number of hydrogen-bond acceptors (Lipinski definition) is 3. The number of benzene rings is 1. The highest BCUT2D eigenvalue weighted by molar-refractivity contribution is 5.83. The Morgan fingerprint density at radius 3 is 2.67 bits per heavy atom. The molecule has 1 saturated heterocycles. The van der Waals surface area contributed by atoms with Gasteiger partial charge in [0, 0.05) is 19.0 Å². The second-order valence-corrected chi connectivity index (χ2v) is 5.50. The number of aliphatic carboxylic acids is 1. The van der Waals surface area contributed by atoms with Gasteiger partial charge in [-0.05, 0) is 31.2 Å². The summed E-state index contributed by atoms with van der Waals surface area (Å²) in [5.74, 6) is -0.920. The normalized spacial score (nSPS) is 20.0. The number of carboxylic acid groups (broad SMARTS) is 1. The predicted molar refractivity (Wildman–Crippen MR) is 79.6 cm³/mol. The van der Waals surface area contributed by atoms with Gasteiger partial charge in [0.1, 0.15) is 6.04 Å². The number of piperidine rings is 1. The van der Waals surface area contributed by atoms with E-state index < -0.39 is 12.0 Å². The average molecular weight is 290 g/mol. The summed E-state index contributed by atoms with van der Waals surface area (Å²) in [5, 5.41) is 8.83. The molecule has 1 unspecified atom stereocenters. The van der Waals surface area contributed by atoms with E-state index in [1.165, 1.54) is 0 Å². The molecule has 1 aromatic rings. The minimum atomic E-state index is -0.819. The lowest BCUT2D eigenvalue weighted by molar-refractivity contribution is -0.140. The zero-order valence-electron chi connectivity index (χ0n) is 12.1. The molecule has 1 aliphatic heterocycles. The van der Waals surface area contributed by atoms with Crippen molar-refractivity contribution in [2.75, 3.05) is 6.54 Å². The van der Waals surface area contributed by atoms with Gasteiger partial charge in [-0.2, -0.15) is 0 Å². The van der Waals surface area contributed by atoms with E-state index in [0.717, 1.165) is 24.8 Å². The molecule has 114 valence electrons. The number of amides is 1. The van der Waals surface area contributed by atoms with Crippen LogP contribution < -0.4 is 5.73 Å². The number of carbonyl (C=O) groups is 2. The Labute approximate surface area is 124 Å². The molecule has 2 rings (SSSR count). The number of carbonyl (C=O) groups excluding carboxylic acids is 1. The number of nitrogens with zero attached hydrogens (tertiary/aromatic N) is 1. The molecule has 0 aromatic heterocycles. The van der Waals surface area contributed by atoms with Gasteiger partial charge >= 0.3 is 5.97 Å². The topological polar surface area (TPSA) is 83.6 Å². The standard InChI is InChI=1S/C16H22N2O3/c17-15(12-6-2-1-3-7-12)16(21)18-11-5-4-8-13(18)9-10-14(19)20/h1-3,6-7,13,15H,4-5,8-11,17H2,(H,19,20)/t13?,15-/m1/s1. The van der Waals surface area contributed by atoms with Crippen LogP contribution in [-0.4, -0.2) is 34.5 Å². The van der Waals surface area contributed by atoms with Gasteiger partial charge in [-0.15, -0.1) is 0 Å². The van der Waals surface area contributed by atoms with Gasteiger partial charge in [0.25, 0.3) is 0 Å². The Morgan fingerprint density at radius 1 is 1.29 bits per heavy atom. The first-order chi connectivity index (χ1) is 10.1. The van der Waals surface area contributed by atoms with Crippen LogP contribution in [0.1, 0.15) is 43.7 Å². The van der Waals surface area contributed by atoms with Crippen LogP contribution >= 0.6 is 0 Å². The number of hydrogen-bond donors (Lipinski definition) is 2. The average Bonchev–Trinajstić information content (AvgIpc) is 2.52. The molecule has 0 bridgehead atoms. The van der Waals surface area contributed by atoms with E-state index in [4.69, 9.17) is 10.8 Å². The van der Waals surface area contributed by atoms with E-state index in [-0.39, 0.29) is 18.4 Å². The van der Waals surface area contributed by atoms with Crippen LogP contribution in [0, 0.1) is 0 Å². The van der Waals surface area contributed by atoms with Gasteiger partial charge in [-0.1, -0.05) is 30.3 Å². The molecule has 0 spiro atoms. The Morgan fingerprint density at radius 2 is 2.00 bits per heavy atom. The van der Waals surface area contributed by atoms with Crippen molar-refractivity contribution in [1.29, 1.82) is 0 Å². The summed E-state index contributed by atoms with van der Waals surface area (Å²) in [5.41, 5.74) is 6.88. The number of carboxylic acids is 1. The van der Waals surface area contributed by atoms with Crippen molar-refractivity contribution in [3.63, 3.8) is 0 Å². The second-order valence-electron chi connectivity index (χ2n) is 5.50. The highest BCUT2D eigenvalue weighted by atomic mass is 16.4. The maximum absolute atomic E-state index is 12.6. The molecule has 1 amide bonds. The number of likely N-dealkylation sites (tertiary alicyclic amines) is 1. The summed E-state index contributed by atoms with van der Waals surface area (Å²) in [7, 11) is 0. The first-order valence-electron chi connectivity index (χ1n) is 7.42. The number of nitrogens with two attached hydrogens (primary N) is 1. The third-order valence-electron chi connectivity index (χ3n) is 4.03. The molecule has 21 heavy (non-hydrogen) atoms. The van der Waals surface area contributed by atoms with Crippen LogP contribution in [0.25, 0.3) is 0 Å². The van der Waals surface area contributed by atoms with E-state index in [0.29, 0.717) is 13.0 Å². The predicted octanol–water partition coefficient (Wildman–Crippen LogP) is 1.93. The summed E-state index contributed by atoms with van der Waals surface area (Å²) in [4.78, 5) is 25.1. The van der Waals surface area contributed by atoms with Crippen molar-refractivity contribution in [3.05, 3.63) is 35.9 Å². The third-order valence-corrected chi connectivity index (χ3v) is 4.03. The Bertz CT molecular complexity index is 490. The first kappa shape index (κ1) is 15.5. The molecular weight excluding hydrogens is 268 g/mol. The van der Waals surface area contributed by atoms with Gasteiger partial charge in [-0.25, -0.2) is 0 Å². The zero-order chi connectivity index (χ0) is 15.2. The van der Waals surface area contributed by atoms with Crippen molar-refractivity contribution in [2.45, 2.75) is 44.2 Å². The van der Waals surface area contributed by atoms with Crippen molar-refractivity contribution in [1.82, 2.24) is 4.90 Å². The molecule has 2 atom stereocenters. The molecule has 1 heterocycles. The lowest BCUT2D eigenvalue weighted by Crippen LogP contribution is -2.47. The van der Waals surface area contributed by atoms with Gasteiger partial charge < -0.3 is 15.7 Å². The smallest absolute Gasteiger partial charge is 0.303 e. The van der Waals surface area contributed by atoms with Crippen LogP contribution in [0.4, 0.5) is 0 Å². The van der Waals surface area contributed by atoms with E-state index in [1.807, 2.05) is 30.3 Å². The first-order valence-corrected chi connectivity index (χ1v) is 7.42. The molecule has 0 aliphatic carbocycles. The summed E-state index contributed by atoms with van der Waals surface area (Å²) in [6.45, 7) is 0.670. The van der Waals surface area contributed by atoms with E-state index in [1.54, 1.807) is 4.90 Å². The largest absolute Gasteiger partial charge is 0.481 e. The SMILES string of the molecule is N[C@@H](C(=O)N1CCCCC1CCC(=O)O)c1ccccc1. The van der Waals surface area contributed by atoms with Crippen molar-refractivity contribution in [2.24, 2.45) is 5.73 Å². The maximum atomic E-state index is 12.6. The molecular formula is C16H22N2O3. The molecule has 1 aromatic carbocycles. The molecule has 0 radical (unpaired) electrons. The summed E-state index contributed by atoms with van der Waals surface area (Å²) >= 11 is 0.